The van der Waals surface area contributed by atoms with Crippen LogP contribution in [-0.4, -0.2) is 18.8 Å². The second-order valence-electron chi connectivity index (χ2n) is 7.42. The molecule has 120 valence electrons. The Labute approximate surface area is 129 Å². The Morgan fingerprint density at radius 2 is 2.19 bits per heavy atom. The van der Waals surface area contributed by atoms with Crippen molar-refractivity contribution in [2.75, 3.05) is 13.2 Å². The summed E-state index contributed by atoms with van der Waals surface area (Å²) in [7, 11) is 0. The van der Waals surface area contributed by atoms with Gasteiger partial charge in [-0.3, -0.25) is 0 Å². The van der Waals surface area contributed by atoms with E-state index in [0.29, 0.717) is 0 Å². The second-order valence-corrected chi connectivity index (χ2v) is 7.42. The third kappa shape index (κ3) is 5.15. The lowest BCUT2D eigenvalue weighted by atomic mass is 9.73. The maximum absolute atomic E-state index is 5.88. The zero-order chi connectivity index (χ0) is 15.3. The molecule has 1 aromatic heterocycles. The third-order valence-electron chi connectivity index (χ3n) is 4.83. The number of nitrogens with two attached hydrogens (primary N) is 1. The van der Waals surface area contributed by atoms with Gasteiger partial charge in [0, 0.05) is 6.61 Å². The maximum atomic E-state index is 5.88. The van der Waals surface area contributed by atoms with Gasteiger partial charge in [0.1, 0.15) is 6.54 Å². The molecule has 0 unspecified atom stereocenters. The van der Waals surface area contributed by atoms with Gasteiger partial charge in [0.2, 0.25) is 0 Å². The molecular weight excluding hydrogens is 262 g/mol. The summed E-state index contributed by atoms with van der Waals surface area (Å²) in [6, 6.07) is 4.02. The first-order valence-electron chi connectivity index (χ1n) is 8.46. The Morgan fingerprint density at radius 3 is 2.81 bits per heavy atom. The Hall–Kier alpha value is -0.800. The zero-order valence-corrected chi connectivity index (χ0v) is 14.1. The fraction of sp³-hybridized carbons (Fsp3) is 0.778. The summed E-state index contributed by atoms with van der Waals surface area (Å²) in [5.41, 5.74) is 0.0634. The van der Waals surface area contributed by atoms with E-state index in [-0.39, 0.29) is 5.60 Å². The molecule has 21 heavy (non-hydrogen) atoms. The van der Waals surface area contributed by atoms with Gasteiger partial charge < -0.3 is 14.5 Å². The Balaban J connectivity index is 1.78. The molecule has 2 rings (SSSR count). The maximum Gasteiger partial charge on any atom is 0.157 e. The molecule has 0 aromatic carbocycles. The molecular formula is C18H32NO2+. The number of rotatable bonds is 7. The molecule has 0 radical (unpaired) electrons. The summed E-state index contributed by atoms with van der Waals surface area (Å²) in [5, 5.41) is 2.37. The summed E-state index contributed by atoms with van der Waals surface area (Å²) < 4.78 is 11.3. The fourth-order valence-corrected chi connectivity index (χ4v) is 3.74. The Kier molecular flexibility index (Phi) is 5.88. The monoisotopic (exact) mass is 294 g/mol. The molecule has 2 N–H and O–H groups in total. The highest BCUT2D eigenvalue weighted by molar-refractivity contribution is 4.95. The molecule has 0 aliphatic carbocycles. The number of hydrogen-bond donors (Lipinski definition) is 1. The average Bonchev–Trinajstić information content (AvgIpc) is 2.90. The van der Waals surface area contributed by atoms with Crippen LogP contribution < -0.4 is 5.32 Å². The van der Waals surface area contributed by atoms with E-state index < -0.39 is 0 Å². The largest absolute Gasteiger partial charge is 0.463 e. The van der Waals surface area contributed by atoms with E-state index in [1.54, 1.807) is 6.26 Å². The molecule has 0 saturated carbocycles. The minimum absolute atomic E-state index is 0.0634. The Bertz CT molecular complexity index is 397. The van der Waals surface area contributed by atoms with E-state index in [9.17, 15) is 0 Å². The summed E-state index contributed by atoms with van der Waals surface area (Å²) in [6.07, 6.45) is 5.47. The molecule has 0 spiro atoms. The van der Waals surface area contributed by atoms with Crippen LogP contribution in [0.5, 0.6) is 0 Å². The van der Waals surface area contributed by atoms with E-state index in [1.807, 2.05) is 6.07 Å². The predicted molar refractivity (Wildman–Crippen MR) is 84.9 cm³/mol. The topological polar surface area (TPSA) is 39.0 Å². The zero-order valence-electron chi connectivity index (χ0n) is 14.1. The summed E-state index contributed by atoms with van der Waals surface area (Å²) >= 11 is 0. The van der Waals surface area contributed by atoms with Gasteiger partial charge in [-0.2, -0.15) is 0 Å². The lowest BCUT2D eigenvalue weighted by Gasteiger charge is -2.40. The average molecular weight is 294 g/mol. The quantitative estimate of drug-likeness (QED) is 0.784. The molecule has 2 atom stereocenters. The van der Waals surface area contributed by atoms with Gasteiger partial charge in [-0.1, -0.05) is 13.8 Å². The lowest BCUT2D eigenvalue weighted by Crippen LogP contribution is -2.82. The standard InChI is InChI=1S/C18H31NO2/c1-14(2)17(15-8-11-21-18(3,4)12-15)7-9-19-13-16-6-5-10-20-16/h5-6,10,14-15,17,19H,7-9,11-13H2,1-4H3/p+1/t15-,17+/m0/s1. The van der Waals surface area contributed by atoms with Crippen molar-refractivity contribution in [2.24, 2.45) is 17.8 Å². The van der Waals surface area contributed by atoms with Gasteiger partial charge in [-0.15, -0.1) is 0 Å². The van der Waals surface area contributed by atoms with Crippen LogP contribution in [-0.2, 0) is 11.3 Å². The van der Waals surface area contributed by atoms with Gasteiger partial charge in [0.25, 0.3) is 0 Å². The van der Waals surface area contributed by atoms with Crippen molar-refractivity contribution in [3.8, 4) is 0 Å². The molecule has 3 nitrogen and oxygen atoms in total. The molecule has 2 heterocycles. The lowest BCUT2D eigenvalue weighted by molar-refractivity contribution is -0.673. The van der Waals surface area contributed by atoms with Crippen molar-refractivity contribution in [1.82, 2.24) is 0 Å². The Morgan fingerprint density at radius 1 is 1.38 bits per heavy atom. The van der Waals surface area contributed by atoms with Crippen molar-refractivity contribution in [3.63, 3.8) is 0 Å². The van der Waals surface area contributed by atoms with E-state index >= 15 is 0 Å². The van der Waals surface area contributed by atoms with E-state index in [2.05, 4.69) is 39.1 Å². The number of furan rings is 1. The first kappa shape index (κ1) is 16.6. The SMILES string of the molecule is CC(C)[C@@H](CC[NH2+]Cc1ccco1)[C@H]1CCOC(C)(C)C1. The molecule has 1 aliphatic heterocycles. The van der Waals surface area contributed by atoms with E-state index in [0.717, 1.165) is 36.7 Å². The second kappa shape index (κ2) is 7.46. The minimum atomic E-state index is 0.0634. The van der Waals surface area contributed by atoms with Crippen LogP contribution in [0.4, 0.5) is 0 Å². The van der Waals surface area contributed by atoms with Crippen molar-refractivity contribution in [2.45, 2.75) is 59.1 Å². The van der Waals surface area contributed by atoms with Crippen LogP contribution in [0.3, 0.4) is 0 Å². The molecule has 1 saturated heterocycles. The minimum Gasteiger partial charge on any atom is -0.463 e. The highest BCUT2D eigenvalue weighted by atomic mass is 16.5. The van der Waals surface area contributed by atoms with E-state index in [1.165, 1.54) is 25.8 Å². The van der Waals surface area contributed by atoms with Crippen molar-refractivity contribution >= 4 is 0 Å². The summed E-state index contributed by atoms with van der Waals surface area (Å²) in [6.45, 7) is 12.3. The van der Waals surface area contributed by atoms with Crippen molar-refractivity contribution in [1.29, 1.82) is 0 Å². The molecule has 3 heteroatoms. The van der Waals surface area contributed by atoms with Gasteiger partial charge in [-0.25, -0.2) is 0 Å². The van der Waals surface area contributed by atoms with Crippen LogP contribution in [0.2, 0.25) is 0 Å². The molecule has 0 amide bonds. The van der Waals surface area contributed by atoms with Gasteiger partial charge >= 0.3 is 0 Å². The predicted octanol–water partition coefficient (Wildman–Crippen LogP) is 3.21. The molecule has 0 bridgehead atoms. The highest BCUT2D eigenvalue weighted by Gasteiger charge is 2.34. The smallest absolute Gasteiger partial charge is 0.157 e. The summed E-state index contributed by atoms with van der Waals surface area (Å²) in [4.78, 5) is 0. The first-order chi connectivity index (χ1) is 9.98. The van der Waals surface area contributed by atoms with Crippen LogP contribution in [0.1, 0.15) is 52.7 Å². The normalized spacial score (nSPS) is 23.4. The van der Waals surface area contributed by atoms with Gasteiger partial charge in [-0.05, 0) is 63.0 Å². The van der Waals surface area contributed by atoms with Crippen molar-refractivity contribution < 1.29 is 14.5 Å². The van der Waals surface area contributed by atoms with Crippen LogP contribution in [0.25, 0.3) is 0 Å². The van der Waals surface area contributed by atoms with Crippen molar-refractivity contribution in [3.05, 3.63) is 24.2 Å². The number of hydrogen-bond acceptors (Lipinski definition) is 2. The first-order valence-corrected chi connectivity index (χ1v) is 8.46. The fourth-order valence-electron chi connectivity index (χ4n) is 3.74. The van der Waals surface area contributed by atoms with E-state index in [4.69, 9.17) is 9.15 Å². The van der Waals surface area contributed by atoms with Crippen LogP contribution in [0.15, 0.2) is 22.8 Å². The van der Waals surface area contributed by atoms with Crippen LogP contribution >= 0.6 is 0 Å². The van der Waals surface area contributed by atoms with Gasteiger partial charge in [0.05, 0.1) is 18.4 Å². The molecule has 1 aliphatic rings. The van der Waals surface area contributed by atoms with Crippen LogP contribution in [0, 0.1) is 17.8 Å². The number of quaternary nitrogens is 1. The molecule has 1 fully saturated rings. The summed E-state index contributed by atoms with van der Waals surface area (Å²) in [5.74, 6) is 3.44. The third-order valence-corrected chi connectivity index (χ3v) is 4.83. The van der Waals surface area contributed by atoms with Gasteiger partial charge in [0.15, 0.2) is 5.76 Å². The number of ether oxygens (including phenoxy) is 1. The molecule has 1 aromatic rings. The highest BCUT2D eigenvalue weighted by Crippen LogP contribution is 2.37.